The van der Waals surface area contributed by atoms with Crippen molar-refractivity contribution >= 4 is 33.4 Å². The van der Waals surface area contributed by atoms with E-state index < -0.39 is 20.6 Å². The standard InChI is InChI=1S/C15H4FN5O2S3/c16-8-1-3-9(4-2-8)26(22,23)12(7-19)15-24-13-14(25-15)21-11(6-18)10(5-17)20-13/h1-4H. The first-order valence-electron chi connectivity index (χ1n) is 6.63. The van der Waals surface area contributed by atoms with Gasteiger partial charge in [-0.05, 0) is 24.3 Å². The Morgan fingerprint density at radius 3 is 1.88 bits per heavy atom. The third kappa shape index (κ3) is 3.02. The fourth-order valence-corrected chi connectivity index (χ4v) is 5.97. The molecule has 11 heteroatoms. The zero-order valence-electron chi connectivity index (χ0n) is 12.5. The summed E-state index contributed by atoms with van der Waals surface area (Å²) in [6.07, 6.45) is 0. The van der Waals surface area contributed by atoms with E-state index in [-0.39, 0.29) is 30.6 Å². The Bertz CT molecular complexity index is 1140. The summed E-state index contributed by atoms with van der Waals surface area (Å²) in [6.45, 7) is 0. The van der Waals surface area contributed by atoms with E-state index in [4.69, 9.17) is 10.5 Å². The number of halogens is 1. The Labute approximate surface area is 155 Å². The summed E-state index contributed by atoms with van der Waals surface area (Å²) >= 11 is 1.75. The lowest BCUT2D eigenvalue weighted by Crippen LogP contribution is -2.04. The molecular weight excluding hydrogens is 397 g/mol. The predicted molar refractivity (Wildman–Crippen MR) is 89.4 cm³/mol. The average molecular weight is 401 g/mol. The molecule has 0 radical (unpaired) electrons. The van der Waals surface area contributed by atoms with Gasteiger partial charge in [0.15, 0.2) is 16.3 Å². The first kappa shape index (κ1) is 17.9. The van der Waals surface area contributed by atoms with Crippen LogP contribution in [0.2, 0.25) is 0 Å². The number of rotatable bonds is 2. The molecule has 26 heavy (non-hydrogen) atoms. The van der Waals surface area contributed by atoms with E-state index in [0.29, 0.717) is 0 Å². The van der Waals surface area contributed by atoms with Crippen LogP contribution in [0.3, 0.4) is 0 Å². The van der Waals surface area contributed by atoms with Crippen LogP contribution in [0.25, 0.3) is 0 Å². The van der Waals surface area contributed by atoms with Gasteiger partial charge in [-0.1, -0.05) is 23.5 Å². The van der Waals surface area contributed by atoms with E-state index >= 15 is 0 Å². The number of hydrogen-bond donors (Lipinski definition) is 0. The van der Waals surface area contributed by atoms with Crippen LogP contribution >= 0.6 is 23.5 Å². The molecule has 0 fully saturated rings. The lowest BCUT2D eigenvalue weighted by Gasteiger charge is -2.04. The van der Waals surface area contributed by atoms with Crippen molar-refractivity contribution in [2.24, 2.45) is 0 Å². The first-order chi connectivity index (χ1) is 12.4. The van der Waals surface area contributed by atoms with E-state index in [1.807, 2.05) is 0 Å². The zero-order chi connectivity index (χ0) is 18.9. The molecule has 2 aromatic rings. The van der Waals surface area contributed by atoms with Crippen molar-refractivity contribution in [1.29, 1.82) is 15.8 Å². The summed E-state index contributed by atoms with van der Waals surface area (Å²) in [5.41, 5.74) is -0.360. The highest BCUT2D eigenvalue weighted by Crippen LogP contribution is 2.51. The molecule has 0 saturated heterocycles. The van der Waals surface area contributed by atoms with Gasteiger partial charge in [0.2, 0.25) is 9.84 Å². The van der Waals surface area contributed by atoms with Crippen LogP contribution in [0, 0.1) is 39.8 Å². The van der Waals surface area contributed by atoms with Crippen LogP contribution in [-0.2, 0) is 9.84 Å². The number of hydrogen-bond acceptors (Lipinski definition) is 9. The number of nitriles is 3. The maximum Gasteiger partial charge on any atom is 0.218 e. The number of fused-ring (bicyclic) bond motifs is 1. The van der Waals surface area contributed by atoms with Crippen molar-refractivity contribution in [1.82, 2.24) is 9.97 Å². The second kappa shape index (κ2) is 6.77. The third-order valence-corrected chi connectivity index (χ3v) is 7.45. The number of allylic oxidation sites excluding steroid dienone is 1. The van der Waals surface area contributed by atoms with Gasteiger partial charge >= 0.3 is 0 Å². The molecular formula is C15H4FN5O2S3. The molecule has 1 aromatic carbocycles. The van der Waals surface area contributed by atoms with Crippen molar-refractivity contribution in [2.45, 2.75) is 14.9 Å². The summed E-state index contributed by atoms with van der Waals surface area (Å²) in [4.78, 5) is 7.21. The Morgan fingerprint density at radius 2 is 1.46 bits per heavy atom. The minimum atomic E-state index is -4.18. The Kier molecular flexibility index (Phi) is 4.66. The van der Waals surface area contributed by atoms with Gasteiger partial charge in [-0.2, -0.15) is 15.8 Å². The number of sulfone groups is 1. The van der Waals surface area contributed by atoms with Gasteiger partial charge in [-0.3, -0.25) is 0 Å². The number of thioether (sulfide) groups is 2. The lowest BCUT2D eigenvalue weighted by atomic mass is 10.3. The summed E-state index contributed by atoms with van der Waals surface area (Å²) < 4.78 is 38.5. The van der Waals surface area contributed by atoms with Gasteiger partial charge in [0.25, 0.3) is 0 Å². The highest BCUT2D eigenvalue weighted by Gasteiger charge is 2.32. The van der Waals surface area contributed by atoms with E-state index in [1.54, 1.807) is 18.2 Å². The molecule has 3 rings (SSSR count). The first-order valence-corrected chi connectivity index (χ1v) is 9.75. The summed E-state index contributed by atoms with van der Waals surface area (Å²) in [5.74, 6) is -0.603. The summed E-state index contributed by atoms with van der Waals surface area (Å²) in [5, 5.41) is 27.8. The molecule has 0 spiro atoms. The van der Waals surface area contributed by atoms with Gasteiger partial charge in [-0.15, -0.1) is 0 Å². The molecule has 1 aliphatic heterocycles. The van der Waals surface area contributed by atoms with Crippen molar-refractivity contribution in [2.75, 3.05) is 0 Å². The molecule has 0 aliphatic carbocycles. The molecule has 0 saturated carbocycles. The van der Waals surface area contributed by atoms with Crippen LogP contribution in [0.5, 0.6) is 0 Å². The molecule has 0 N–H and O–H groups in total. The number of aromatic nitrogens is 2. The Hall–Kier alpha value is -2.91. The third-order valence-electron chi connectivity index (χ3n) is 3.10. The molecule has 7 nitrogen and oxygen atoms in total. The van der Waals surface area contributed by atoms with Gasteiger partial charge in [0.1, 0.15) is 34.1 Å². The lowest BCUT2D eigenvalue weighted by molar-refractivity contribution is 0.601. The Morgan fingerprint density at radius 1 is 0.962 bits per heavy atom. The summed E-state index contributed by atoms with van der Waals surface area (Å²) in [7, 11) is -4.18. The number of benzene rings is 1. The van der Waals surface area contributed by atoms with Gasteiger partial charge in [0.05, 0.1) is 9.13 Å². The van der Waals surface area contributed by atoms with Crippen LogP contribution < -0.4 is 0 Å². The van der Waals surface area contributed by atoms with E-state index in [0.717, 1.165) is 47.8 Å². The normalized spacial score (nSPS) is 12.6. The summed E-state index contributed by atoms with van der Waals surface area (Å²) in [6, 6.07) is 9.25. The minimum Gasteiger partial charge on any atom is -0.224 e. The maximum absolute atomic E-state index is 13.0. The van der Waals surface area contributed by atoms with Gasteiger partial charge in [-0.25, -0.2) is 22.8 Å². The van der Waals surface area contributed by atoms with Gasteiger partial charge in [0, 0.05) is 0 Å². The molecule has 1 aromatic heterocycles. The van der Waals surface area contributed by atoms with Crippen LogP contribution in [-0.4, -0.2) is 18.4 Å². The molecule has 126 valence electrons. The quantitative estimate of drug-likeness (QED) is 0.550. The van der Waals surface area contributed by atoms with Crippen LogP contribution in [0.15, 0.2) is 48.4 Å². The maximum atomic E-state index is 13.0. The van der Waals surface area contributed by atoms with Crippen molar-refractivity contribution in [3.8, 4) is 18.2 Å². The molecule has 0 unspecified atom stereocenters. The zero-order valence-corrected chi connectivity index (χ0v) is 14.9. The second-order valence-corrected chi connectivity index (χ2v) is 8.79. The monoisotopic (exact) mass is 401 g/mol. The fourth-order valence-electron chi connectivity index (χ4n) is 1.93. The molecule has 2 heterocycles. The molecule has 0 atom stereocenters. The van der Waals surface area contributed by atoms with E-state index in [1.165, 1.54) is 0 Å². The predicted octanol–water partition coefficient (Wildman–Crippen LogP) is 2.72. The van der Waals surface area contributed by atoms with Crippen LogP contribution in [0.4, 0.5) is 4.39 Å². The second-order valence-electron chi connectivity index (χ2n) is 4.64. The number of nitrogens with zero attached hydrogens (tertiary/aromatic N) is 5. The highest BCUT2D eigenvalue weighted by molar-refractivity contribution is 8.25. The molecule has 1 aliphatic rings. The SMILES string of the molecule is N#CC(=C1Sc2nc(C#N)c(C#N)nc2S1)S(=O)(=O)c1ccc(F)cc1. The van der Waals surface area contributed by atoms with Crippen molar-refractivity contribution in [3.05, 3.63) is 50.6 Å². The fraction of sp³-hybridized carbons (Fsp3) is 0. The van der Waals surface area contributed by atoms with E-state index in [9.17, 15) is 18.1 Å². The van der Waals surface area contributed by atoms with E-state index in [2.05, 4.69) is 9.97 Å². The topological polar surface area (TPSA) is 131 Å². The average Bonchev–Trinajstić information content (AvgIpc) is 3.03. The Balaban J connectivity index is 2.10. The minimum absolute atomic E-state index is 0.103. The van der Waals surface area contributed by atoms with Crippen molar-refractivity contribution in [3.63, 3.8) is 0 Å². The van der Waals surface area contributed by atoms with Gasteiger partial charge < -0.3 is 0 Å². The highest BCUT2D eigenvalue weighted by atomic mass is 32.2. The van der Waals surface area contributed by atoms with Crippen molar-refractivity contribution < 1.29 is 12.8 Å². The molecule has 0 bridgehead atoms. The van der Waals surface area contributed by atoms with Crippen LogP contribution in [0.1, 0.15) is 11.4 Å². The smallest absolute Gasteiger partial charge is 0.218 e. The largest absolute Gasteiger partial charge is 0.224 e. The molecule has 0 amide bonds.